The van der Waals surface area contributed by atoms with E-state index in [2.05, 4.69) is 16.4 Å². The first-order chi connectivity index (χ1) is 13.9. The molecule has 2 aliphatic rings. The van der Waals surface area contributed by atoms with Crippen LogP contribution in [0.2, 0.25) is 0 Å². The van der Waals surface area contributed by atoms with Crippen molar-refractivity contribution >= 4 is 34.2 Å². The fourth-order valence-electron chi connectivity index (χ4n) is 4.40. The lowest BCUT2D eigenvalue weighted by Crippen LogP contribution is -2.34. The number of amides is 3. The maximum absolute atomic E-state index is 12.5. The monoisotopic (exact) mass is 411 g/mol. The summed E-state index contributed by atoms with van der Waals surface area (Å²) in [5.74, 6) is -0.767. The first kappa shape index (κ1) is 19.8. The Balaban J connectivity index is 1.35. The molecule has 29 heavy (non-hydrogen) atoms. The summed E-state index contributed by atoms with van der Waals surface area (Å²) < 4.78 is 0. The smallest absolute Gasteiger partial charge is 0.233 e. The van der Waals surface area contributed by atoms with E-state index in [1.165, 1.54) is 21.8 Å². The summed E-state index contributed by atoms with van der Waals surface area (Å²) in [6.45, 7) is 4.24. The van der Waals surface area contributed by atoms with Gasteiger partial charge in [0.25, 0.3) is 0 Å². The summed E-state index contributed by atoms with van der Waals surface area (Å²) in [5, 5.41) is 5.25. The van der Waals surface area contributed by atoms with Crippen molar-refractivity contribution in [1.82, 2.24) is 9.88 Å². The fraction of sp³-hybridized carbons (Fsp3) is 0.455. The highest BCUT2D eigenvalue weighted by Gasteiger charge is 2.47. The number of aryl methyl sites for hydroxylation is 2. The van der Waals surface area contributed by atoms with Crippen LogP contribution in [0.1, 0.15) is 43.2 Å². The molecule has 4 rings (SSSR count). The highest BCUT2D eigenvalue weighted by Crippen LogP contribution is 2.38. The number of carbonyl (C=O) groups excluding carboxylic acids is 3. The Labute approximate surface area is 174 Å². The molecule has 0 spiro atoms. The van der Waals surface area contributed by atoms with Gasteiger partial charge < -0.3 is 5.32 Å². The number of anilines is 1. The molecule has 1 aromatic carbocycles. The van der Waals surface area contributed by atoms with Crippen LogP contribution in [0.15, 0.2) is 23.6 Å². The van der Waals surface area contributed by atoms with Gasteiger partial charge in [-0.2, -0.15) is 0 Å². The number of nitrogens with one attached hydrogen (secondary N) is 1. The van der Waals surface area contributed by atoms with Crippen molar-refractivity contribution in [2.24, 2.45) is 11.8 Å². The number of rotatable bonds is 5. The van der Waals surface area contributed by atoms with Crippen LogP contribution in [0.5, 0.6) is 0 Å². The Bertz CT molecular complexity index is 944. The normalized spacial score (nSPS) is 21.4. The lowest BCUT2D eigenvalue weighted by Gasteiger charge is -2.19. The van der Waals surface area contributed by atoms with Gasteiger partial charge in [0.2, 0.25) is 17.7 Å². The van der Waals surface area contributed by atoms with Crippen molar-refractivity contribution in [1.29, 1.82) is 0 Å². The van der Waals surface area contributed by atoms with Crippen molar-refractivity contribution in [3.05, 3.63) is 34.7 Å². The summed E-state index contributed by atoms with van der Waals surface area (Å²) in [6.07, 6.45) is 3.68. The third-order valence-corrected chi connectivity index (χ3v) is 6.66. The van der Waals surface area contributed by atoms with E-state index in [0.717, 1.165) is 42.5 Å². The number of hydrogen-bond acceptors (Lipinski definition) is 5. The molecule has 1 saturated carbocycles. The van der Waals surface area contributed by atoms with Gasteiger partial charge in [-0.25, -0.2) is 4.98 Å². The van der Waals surface area contributed by atoms with E-state index < -0.39 is 0 Å². The molecule has 1 aromatic heterocycles. The zero-order valence-corrected chi connectivity index (χ0v) is 17.6. The molecule has 0 radical (unpaired) electrons. The summed E-state index contributed by atoms with van der Waals surface area (Å²) in [5.41, 5.74) is 4.21. The van der Waals surface area contributed by atoms with Crippen LogP contribution in [-0.4, -0.2) is 34.2 Å². The maximum atomic E-state index is 12.5. The van der Waals surface area contributed by atoms with Gasteiger partial charge in [-0.3, -0.25) is 19.3 Å². The highest BCUT2D eigenvalue weighted by atomic mass is 32.1. The molecule has 1 aliphatic carbocycles. The van der Waals surface area contributed by atoms with Gasteiger partial charge in [0.15, 0.2) is 5.13 Å². The number of aromatic nitrogens is 1. The number of carbonyl (C=O) groups is 3. The standard InChI is InChI=1S/C22H25N3O3S/c1-13-7-8-15(14(2)11-13)18-12-29-22(23-18)24-19(26)9-10-25-20(27)16-5-3-4-6-17(16)21(25)28/h7-8,11-12,16-17H,3-6,9-10H2,1-2H3,(H,23,24,26)/t16-,17-/m0/s1. The van der Waals surface area contributed by atoms with Crippen molar-refractivity contribution in [2.75, 3.05) is 11.9 Å². The second kappa shape index (κ2) is 8.06. The van der Waals surface area contributed by atoms with Gasteiger partial charge in [-0.05, 0) is 32.3 Å². The lowest BCUT2D eigenvalue weighted by molar-refractivity contribution is -0.140. The Morgan fingerprint density at radius 3 is 2.52 bits per heavy atom. The Morgan fingerprint density at radius 2 is 1.86 bits per heavy atom. The zero-order valence-electron chi connectivity index (χ0n) is 16.7. The first-order valence-corrected chi connectivity index (χ1v) is 11.0. The Morgan fingerprint density at radius 1 is 1.17 bits per heavy atom. The number of hydrogen-bond donors (Lipinski definition) is 1. The van der Waals surface area contributed by atoms with Gasteiger partial charge in [-0.1, -0.05) is 36.6 Å². The average molecular weight is 412 g/mol. The number of imide groups is 1. The molecule has 2 fully saturated rings. The van der Waals surface area contributed by atoms with Crippen LogP contribution in [0.3, 0.4) is 0 Å². The molecule has 152 valence electrons. The Hall–Kier alpha value is -2.54. The van der Waals surface area contributed by atoms with E-state index in [1.807, 2.05) is 31.4 Å². The molecule has 2 heterocycles. The topological polar surface area (TPSA) is 79.4 Å². The number of benzene rings is 1. The van der Waals surface area contributed by atoms with Crippen LogP contribution in [0, 0.1) is 25.7 Å². The molecule has 6 nitrogen and oxygen atoms in total. The highest BCUT2D eigenvalue weighted by molar-refractivity contribution is 7.14. The van der Waals surface area contributed by atoms with E-state index in [4.69, 9.17) is 0 Å². The van der Waals surface area contributed by atoms with Crippen molar-refractivity contribution in [3.8, 4) is 11.3 Å². The van der Waals surface area contributed by atoms with E-state index in [9.17, 15) is 14.4 Å². The minimum atomic E-state index is -0.234. The predicted octanol–water partition coefficient (Wildman–Crippen LogP) is 3.93. The Kier molecular flexibility index (Phi) is 5.50. The SMILES string of the molecule is Cc1ccc(-c2csc(NC(=O)CCN3C(=O)[C@H]4CCCC[C@@H]4C3=O)n2)c(C)c1. The summed E-state index contributed by atoms with van der Waals surface area (Å²) in [6, 6.07) is 6.19. The molecule has 3 amide bonds. The van der Waals surface area contributed by atoms with Gasteiger partial charge in [0, 0.05) is 23.9 Å². The summed E-state index contributed by atoms with van der Waals surface area (Å²) in [4.78, 5) is 43.2. The summed E-state index contributed by atoms with van der Waals surface area (Å²) >= 11 is 1.37. The van der Waals surface area contributed by atoms with Crippen LogP contribution < -0.4 is 5.32 Å². The summed E-state index contributed by atoms with van der Waals surface area (Å²) in [7, 11) is 0. The van der Waals surface area contributed by atoms with E-state index >= 15 is 0 Å². The second-order valence-corrected chi connectivity index (χ2v) is 8.84. The number of nitrogens with zero attached hydrogens (tertiary/aromatic N) is 2. The van der Waals surface area contributed by atoms with Crippen LogP contribution >= 0.6 is 11.3 Å². The van der Waals surface area contributed by atoms with E-state index in [1.54, 1.807) is 0 Å². The molecule has 1 saturated heterocycles. The minimum Gasteiger partial charge on any atom is -0.302 e. The largest absolute Gasteiger partial charge is 0.302 e. The van der Waals surface area contributed by atoms with Gasteiger partial charge in [-0.15, -0.1) is 11.3 Å². The van der Waals surface area contributed by atoms with Crippen LogP contribution in [0.25, 0.3) is 11.3 Å². The van der Waals surface area contributed by atoms with Crippen LogP contribution in [0.4, 0.5) is 5.13 Å². The first-order valence-electron chi connectivity index (χ1n) is 10.1. The number of thiazole rings is 1. The number of likely N-dealkylation sites (tertiary alicyclic amines) is 1. The lowest BCUT2D eigenvalue weighted by atomic mass is 9.81. The molecule has 2 atom stereocenters. The molecular weight excluding hydrogens is 386 g/mol. The molecule has 0 unspecified atom stereocenters. The second-order valence-electron chi connectivity index (χ2n) is 7.98. The van der Waals surface area contributed by atoms with Crippen molar-refractivity contribution in [2.45, 2.75) is 46.0 Å². The molecular formula is C22H25N3O3S. The predicted molar refractivity (Wildman–Crippen MR) is 112 cm³/mol. The molecule has 7 heteroatoms. The molecule has 1 N–H and O–H groups in total. The minimum absolute atomic E-state index is 0.0927. The van der Waals surface area contributed by atoms with Crippen molar-refractivity contribution in [3.63, 3.8) is 0 Å². The van der Waals surface area contributed by atoms with Crippen LogP contribution in [-0.2, 0) is 14.4 Å². The van der Waals surface area contributed by atoms with Crippen molar-refractivity contribution < 1.29 is 14.4 Å². The van der Waals surface area contributed by atoms with Gasteiger partial charge in [0.1, 0.15) is 0 Å². The maximum Gasteiger partial charge on any atom is 0.233 e. The number of fused-ring (bicyclic) bond motifs is 1. The fourth-order valence-corrected chi connectivity index (χ4v) is 5.13. The third-order valence-electron chi connectivity index (χ3n) is 5.90. The van der Waals surface area contributed by atoms with Gasteiger partial charge in [0.05, 0.1) is 17.5 Å². The molecule has 2 aromatic rings. The zero-order chi connectivity index (χ0) is 20.5. The molecule has 0 bridgehead atoms. The van der Waals surface area contributed by atoms with E-state index in [0.29, 0.717) is 5.13 Å². The van der Waals surface area contributed by atoms with E-state index in [-0.39, 0.29) is 42.5 Å². The molecule has 1 aliphatic heterocycles. The average Bonchev–Trinajstić information content (AvgIpc) is 3.24. The quantitative estimate of drug-likeness (QED) is 0.756. The third kappa shape index (κ3) is 3.96. The van der Waals surface area contributed by atoms with Gasteiger partial charge >= 0.3 is 0 Å².